The first-order valence-electron chi connectivity index (χ1n) is 6.37. The third kappa shape index (κ3) is 3.39. The van der Waals surface area contributed by atoms with Crippen molar-refractivity contribution < 1.29 is 9.72 Å². The van der Waals surface area contributed by atoms with Crippen LogP contribution in [-0.2, 0) is 4.79 Å². The molecule has 0 heterocycles. The molecule has 0 saturated carbocycles. The maximum Gasteiger partial charge on any atom is 0.273 e. The van der Waals surface area contributed by atoms with E-state index in [-0.39, 0.29) is 17.4 Å². The Hall–Kier alpha value is -1.71. The molecule has 0 aromatic heterocycles. The fourth-order valence-corrected chi connectivity index (χ4v) is 2.09. The second kappa shape index (κ2) is 6.89. The van der Waals surface area contributed by atoms with E-state index < -0.39 is 4.92 Å². The largest absolute Gasteiger partial charge is 0.299 e. The zero-order valence-corrected chi connectivity index (χ0v) is 10.9. The summed E-state index contributed by atoms with van der Waals surface area (Å²) in [5.41, 5.74) is 0.614. The number of unbranched alkanes of at least 4 members (excludes halogenated alkanes) is 1. The van der Waals surface area contributed by atoms with Gasteiger partial charge in [0.15, 0.2) is 0 Å². The predicted molar refractivity (Wildman–Crippen MR) is 70.7 cm³/mol. The summed E-state index contributed by atoms with van der Waals surface area (Å²) in [4.78, 5) is 22.6. The monoisotopic (exact) mass is 249 g/mol. The van der Waals surface area contributed by atoms with Crippen molar-refractivity contribution in [3.63, 3.8) is 0 Å². The second-order valence-corrected chi connectivity index (χ2v) is 4.33. The number of nitrogens with zero attached hydrogens (tertiary/aromatic N) is 1. The molecule has 1 unspecified atom stereocenters. The Kier molecular flexibility index (Phi) is 5.49. The van der Waals surface area contributed by atoms with E-state index in [0.29, 0.717) is 18.4 Å². The van der Waals surface area contributed by atoms with Gasteiger partial charge in [0.2, 0.25) is 0 Å². The molecule has 1 rings (SSSR count). The Morgan fingerprint density at radius 1 is 1.33 bits per heavy atom. The highest BCUT2D eigenvalue weighted by molar-refractivity contribution is 5.86. The van der Waals surface area contributed by atoms with Crippen LogP contribution in [0, 0.1) is 10.1 Å². The topological polar surface area (TPSA) is 60.2 Å². The van der Waals surface area contributed by atoms with Gasteiger partial charge in [0.1, 0.15) is 5.78 Å². The molecular formula is C14H19NO3. The average molecular weight is 249 g/mol. The zero-order chi connectivity index (χ0) is 13.5. The van der Waals surface area contributed by atoms with Gasteiger partial charge < -0.3 is 0 Å². The summed E-state index contributed by atoms with van der Waals surface area (Å²) in [6, 6.07) is 6.56. The van der Waals surface area contributed by atoms with E-state index in [1.54, 1.807) is 25.1 Å². The standard InChI is InChI=1S/C14H19NO3/c1-3-5-8-12(14(16)4-2)11-9-6-7-10-13(11)15(17)18/h6-7,9-10,12H,3-5,8H2,1-2H3. The van der Waals surface area contributed by atoms with E-state index in [1.807, 2.05) is 6.92 Å². The molecule has 1 aromatic rings. The van der Waals surface area contributed by atoms with Crippen LogP contribution in [0.3, 0.4) is 0 Å². The first-order valence-corrected chi connectivity index (χ1v) is 6.37. The Morgan fingerprint density at radius 3 is 2.56 bits per heavy atom. The minimum absolute atomic E-state index is 0.0559. The minimum Gasteiger partial charge on any atom is -0.299 e. The van der Waals surface area contributed by atoms with Gasteiger partial charge in [0.25, 0.3) is 5.69 Å². The van der Waals surface area contributed by atoms with Crippen LogP contribution in [0.2, 0.25) is 0 Å². The van der Waals surface area contributed by atoms with Crippen molar-refractivity contribution in [2.45, 2.75) is 45.4 Å². The number of para-hydroxylation sites is 1. The highest BCUT2D eigenvalue weighted by Gasteiger charge is 2.25. The maximum absolute atomic E-state index is 12.0. The summed E-state index contributed by atoms with van der Waals surface area (Å²) in [7, 11) is 0. The minimum atomic E-state index is -0.406. The zero-order valence-electron chi connectivity index (χ0n) is 10.9. The summed E-state index contributed by atoms with van der Waals surface area (Å²) in [6.07, 6.45) is 2.99. The van der Waals surface area contributed by atoms with Crippen molar-refractivity contribution >= 4 is 11.5 Å². The lowest BCUT2D eigenvalue weighted by molar-refractivity contribution is -0.385. The van der Waals surface area contributed by atoms with Gasteiger partial charge in [-0.05, 0) is 6.42 Å². The normalized spacial score (nSPS) is 12.1. The molecule has 0 aliphatic carbocycles. The van der Waals surface area contributed by atoms with E-state index in [1.165, 1.54) is 6.07 Å². The lowest BCUT2D eigenvalue weighted by Crippen LogP contribution is -2.13. The molecule has 0 aliphatic rings. The van der Waals surface area contributed by atoms with Gasteiger partial charge in [-0.1, -0.05) is 44.9 Å². The van der Waals surface area contributed by atoms with Crippen LogP contribution in [0.4, 0.5) is 5.69 Å². The van der Waals surface area contributed by atoms with Gasteiger partial charge in [-0.3, -0.25) is 14.9 Å². The van der Waals surface area contributed by atoms with E-state index in [9.17, 15) is 14.9 Å². The van der Waals surface area contributed by atoms with Gasteiger partial charge >= 0.3 is 0 Å². The van der Waals surface area contributed by atoms with Crippen LogP contribution in [-0.4, -0.2) is 10.7 Å². The number of carbonyl (C=O) groups is 1. The predicted octanol–water partition coefficient (Wildman–Crippen LogP) is 3.85. The van der Waals surface area contributed by atoms with Gasteiger partial charge in [-0.25, -0.2) is 0 Å². The molecule has 4 heteroatoms. The number of Topliss-reactive ketones (excluding diaryl/α,β-unsaturated/α-hetero) is 1. The first kappa shape index (κ1) is 14.4. The first-order chi connectivity index (χ1) is 8.61. The van der Waals surface area contributed by atoms with Gasteiger partial charge in [0.05, 0.1) is 4.92 Å². The number of ketones is 1. The third-order valence-electron chi connectivity index (χ3n) is 3.09. The van der Waals surface area contributed by atoms with Gasteiger partial charge in [0, 0.05) is 24.0 Å². The molecule has 0 N–H and O–H groups in total. The molecule has 0 amide bonds. The van der Waals surface area contributed by atoms with Crippen molar-refractivity contribution in [1.29, 1.82) is 0 Å². The molecular weight excluding hydrogens is 230 g/mol. The van der Waals surface area contributed by atoms with Crippen LogP contribution in [0.25, 0.3) is 0 Å². The molecule has 0 saturated heterocycles. The third-order valence-corrected chi connectivity index (χ3v) is 3.09. The molecule has 0 spiro atoms. The second-order valence-electron chi connectivity index (χ2n) is 4.33. The van der Waals surface area contributed by atoms with Crippen molar-refractivity contribution in [1.82, 2.24) is 0 Å². The number of nitro benzene ring substituents is 1. The van der Waals surface area contributed by atoms with Crippen molar-refractivity contribution in [3.8, 4) is 0 Å². The van der Waals surface area contributed by atoms with Gasteiger partial charge in [-0.15, -0.1) is 0 Å². The number of rotatable bonds is 7. The van der Waals surface area contributed by atoms with Crippen molar-refractivity contribution in [2.24, 2.45) is 0 Å². The molecule has 0 fully saturated rings. The number of carbonyl (C=O) groups excluding carboxylic acids is 1. The summed E-state index contributed by atoms with van der Waals surface area (Å²) < 4.78 is 0. The number of benzene rings is 1. The fourth-order valence-electron chi connectivity index (χ4n) is 2.09. The molecule has 18 heavy (non-hydrogen) atoms. The average Bonchev–Trinajstić information content (AvgIpc) is 2.39. The molecule has 0 bridgehead atoms. The van der Waals surface area contributed by atoms with Crippen LogP contribution in [0.15, 0.2) is 24.3 Å². The quantitative estimate of drug-likeness (QED) is 0.544. The molecule has 98 valence electrons. The highest BCUT2D eigenvalue weighted by atomic mass is 16.6. The van der Waals surface area contributed by atoms with Gasteiger partial charge in [-0.2, -0.15) is 0 Å². The molecule has 1 aromatic carbocycles. The smallest absolute Gasteiger partial charge is 0.273 e. The Bertz CT molecular complexity index is 429. The van der Waals surface area contributed by atoms with Crippen LogP contribution >= 0.6 is 0 Å². The lowest BCUT2D eigenvalue weighted by atomic mass is 9.87. The Labute approximate surface area is 107 Å². The van der Waals surface area contributed by atoms with Crippen molar-refractivity contribution in [3.05, 3.63) is 39.9 Å². The molecule has 0 aliphatic heterocycles. The van der Waals surface area contributed by atoms with E-state index >= 15 is 0 Å². The Morgan fingerprint density at radius 2 is 2.00 bits per heavy atom. The fraction of sp³-hybridized carbons (Fsp3) is 0.500. The van der Waals surface area contributed by atoms with E-state index in [4.69, 9.17) is 0 Å². The van der Waals surface area contributed by atoms with Crippen molar-refractivity contribution in [2.75, 3.05) is 0 Å². The summed E-state index contributed by atoms with van der Waals surface area (Å²) >= 11 is 0. The number of nitro groups is 1. The SMILES string of the molecule is CCCCC(C(=O)CC)c1ccccc1[N+](=O)[O-]. The summed E-state index contributed by atoms with van der Waals surface area (Å²) in [5.74, 6) is -0.255. The highest BCUT2D eigenvalue weighted by Crippen LogP contribution is 2.31. The van der Waals surface area contributed by atoms with Crippen LogP contribution in [0.1, 0.15) is 51.0 Å². The summed E-state index contributed by atoms with van der Waals surface area (Å²) in [6.45, 7) is 3.85. The molecule has 1 atom stereocenters. The number of hydrogen-bond donors (Lipinski definition) is 0. The van der Waals surface area contributed by atoms with E-state index in [2.05, 4.69) is 0 Å². The van der Waals surface area contributed by atoms with E-state index in [0.717, 1.165) is 12.8 Å². The number of hydrogen-bond acceptors (Lipinski definition) is 3. The summed E-state index contributed by atoms with van der Waals surface area (Å²) in [5, 5.41) is 11.0. The molecule has 4 nitrogen and oxygen atoms in total. The van der Waals surface area contributed by atoms with Crippen LogP contribution < -0.4 is 0 Å². The Balaban J connectivity index is 3.11. The molecule has 0 radical (unpaired) electrons. The lowest BCUT2D eigenvalue weighted by Gasteiger charge is -2.15. The maximum atomic E-state index is 12.0. The van der Waals surface area contributed by atoms with Crippen LogP contribution in [0.5, 0.6) is 0 Å².